The second-order valence-electron chi connectivity index (χ2n) is 7.36. The van der Waals surface area contributed by atoms with E-state index < -0.39 is 12.2 Å². The van der Waals surface area contributed by atoms with Crippen LogP contribution in [-0.4, -0.2) is 34.8 Å². The SMILES string of the molecule is CC1C(=O)[C@]2(C)CC[C@H](O)[C@@H](C=C[C@@H](O)COc3ccccc3)[C@H]12. The molecule has 0 amide bonds. The molecule has 3 rings (SSSR count). The normalized spacial score (nSPS) is 36.9. The van der Waals surface area contributed by atoms with Crippen LogP contribution in [0, 0.1) is 23.2 Å². The zero-order valence-corrected chi connectivity index (χ0v) is 14.3. The van der Waals surface area contributed by atoms with Crippen molar-refractivity contribution in [2.75, 3.05) is 6.61 Å². The number of benzene rings is 1. The fourth-order valence-electron chi connectivity index (χ4n) is 4.49. The fraction of sp³-hybridized carbons (Fsp3) is 0.550. The van der Waals surface area contributed by atoms with Crippen LogP contribution in [-0.2, 0) is 4.79 Å². The molecule has 0 aliphatic heterocycles. The van der Waals surface area contributed by atoms with Crippen molar-refractivity contribution >= 4 is 5.78 Å². The summed E-state index contributed by atoms with van der Waals surface area (Å²) >= 11 is 0. The number of Topliss-reactive ketones (excluding diaryl/α,β-unsaturated/α-hetero) is 1. The van der Waals surface area contributed by atoms with E-state index in [1.807, 2.05) is 50.3 Å². The van der Waals surface area contributed by atoms with E-state index in [4.69, 9.17) is 4.74 Å². The number of aliphatic hydroxyl groups excluding tert-OH is 2. The number of aliphatic hydroxyl groups is 2. The average Bonchev–Trinajstić information content (AvgIpc) is 2.60. The number of ether oxygens (including phenoxy) is 1. The van der Waals surface area contributed by atoms with Gasteiger partial charge in [0.25, 0.3) is 0 Å². The summed E-state index contributed by atoms with van der Waals surface area (Å²) in [5, 5.41) is 20.5. The first-order valence-electron chi connectivity index (χ1n) is 8.70. The van der Waals surface area contributed by atoms with Crippen LogP contribution in [0.5, 0.6) is 5.75 Å². The molecule has 24 heavy (non-hydrogen) atoms. The Hall–Kier alpha value is -1.65. The molecule has 2 N–H and O–H groups in total. The van der Waals surface area contributed by atoms with Gasteiger partial charge in [0.2, 0.25) is 0 Å². The minimum absolute atomic E-state index is 0.0164. The molecule has 2 fully saturated rings. The van der Waals surface area contributed by atoms with Gasteiger partial charge >= 0.3 is 0 Å². The molecular formula is C20H26O4. The van der Waals surface area contributed by atoms with Crippen LogP contribution in [0.25, 0.3) is 0 Å². The van der Waals surface area contributed by atoms with Crippen molar-refractivity contribution in [3.05, 3.63) is 42.5 Å². The zero-order valence-electron chi connectivity index (χ0n) is 14.3. The van der Waals surface area contributed by atoms with Gasteiger partial charge in [-0.15, -0.1) is 0 Å². The van der Waals surface area contributed by atoms with Gasteiger partial charge in [0.05, 0.1) is 6.10 Å². The Labute approximate surface area is 143 Å². The van der Waals surface area contributed by atoms with Gasteiger partial charge in [0, 0.05) is 17.3 Å². The summed E-state index contributed by atoms with van der Waals surface area (Å²) in [5.41, 5.74) is -0.306. The second-order valence-corrected chi connectivity index (χ2v) is 7.36. The highest BCUT2D eigenvalue weighted by molar-refractivity contribution is 5.93. The lowest BCUT2D eigenvalue weighted by molar-refractivity contribution is -0.170. The Balaban J connectivity index is 1.61. The summed E-state index contributed by atoms with van der Waals surface area (Å²) in [6.45, 7) is 4.13. The Bertz CT molecular complexity index is 611. The van der Waals surface area contributed by atoms with Crippen molar-refractivity contribution in [3.8, 4) is 5.75 Å². The molecule has 1 aromatic rings. The maximum absolute atomic E-state index is 12.2. The standard InChI is InChI=1S/C20H26O4/c1-13-18-16(17(22)10-11-20(18,2)19(13)23)9-8-14(21)12-24-15-6-4-3-5-7-15/h3-9,13-14,16-18,21-22H,10-12H2,1-2H3/t13?,14-,16-,17+,18+,20-/m1/s1. The van der Waals surface area contributed by atoms with Crippen molar-refractivity contribution in [2.24, 2.45) is 23.2 Å². The number of hydrogen-bond donors (Lipinski definition) is 2. The molecule has 0 saturated heterocycles. The van der Waals surface area contributed by atoms with Crippen LogP contribution in [0.1, 0.15) is 26.7 Å². The lowest BCUT2D eigenvalue weighted by Crippen LogP contribution is -2.62. The summed E-state index contributed by atoms with van der Waals surface area (Å²) in [5.74, 6) is 1.09. The highest BCUT2D eigenvalue weighted by Crippen LogP contribution is 2.58. The van der Waals surface area contributed by atoms with E-state index in [1.54, 1.807) is 6.08 Å². The average molecular weight is 330 g/mol. The van der Waals surface area contributed by atoms with Crippen LogP contribution in [0.4, 0.5) is 0 Å². The smallest absolute Gasteiger partial charge is 0.142 e. The van der Waals surface area contributed by atoms with Crippen molar-refractivity contribution in [1.82, 2.24) is 0 Å². The highest BCUT2D eigenvalue weighted by Gasteiger charge is 2.61. The Kier molecular flexibility index (Phi) is 4.79. The number of carbonyl (C=O) groups excluding carboxylic acids is 1. The van der Waals surface area contributed by atoms with E-state index >= 15 is 0 Å². The van der Waals surface area contributed by atoms with E-state index in [0.717, 1.165) is 6.42 Å². The molecule has 130 valence electrons. The number of carbonyl (C=O) groups is 1. The summed E-state index contributed by atoms with van der Waals surface area (Å²) in [4.78, 5) is 12.2. The Morgan fingerprint density at radius 3 is 2.79 bits per heavy atom. The largest absolute Gasteiger partial charge is 0.491 e. The number of fused-ring (bicyclic) bond motifs is 1. The molecule has 0 bridgehead atoms. The number of rotatable bonds is 5. The molecule has 0 radical (unpaired) electrons. The van der Waals surface area contributed by atoms with Crippen molar-refractivity contribution in [3.63, 3.8) is 0 Å². The van der Waals surface area contributed by atoms with Gasteiger partial charge < -0.3 is 14.9 Å². The van der Waals surface area contributed by atoms with Gasteiger partial charge in [-0.2, -0.15) is 0 Å². The van der Waals surface area contributed by atoms with Gasteiger partial charge in [-0.1, -0.05) is 44.2 Å². The third-order valence-electron chi connectivity index (χ3n) is 5.79. The van der Waals surface area contributed by atoms with Crippen LogP contribution in [0.2, 0.25) is 0 Å². The van der Waals surface area contributed by atoms with Crippen molar-refractivity contribution in [2.45, 2.75) is 38.9 Å². The summed E-state index contributed by atoms with van der Waals surface area (Å²) in [6.07, 6.45) is 3.78. The lowest BCUT2D eigenvalue weighted by Gasteiger charge is -2.57. The first kappa shape index (κ1) is 17.2. The molecule has 0 aromatic heterocycles. The lowest BCUT2D eigenvalue weighted by atomic mass is 9.45. The van der Waals surface area contributed by atoms with Gasteiger partial charge in [-0.05, 0) is 30.9 Å². The monoisotopic (exact) mass is 330 g/mol. The Morgan fingerprint density at radius 1 is 1.38 bits per heavy atom. The van der Waals surface area contributed by atoms with E-state index in [9.17, 15) is 15.0 Å². The predicted octanol–water partition coefficient (Wildman–Crippen LogP) is 2.59. The maximum Gasteiger partial charge on any atom is 0.142 e. The number of hydrogen-bond acceptors (Lipinski definition) is 4. The topological polar surface area (TPSA) is 66.8 Å². The van der Waals surface area contributed by atoms with Gasteiger partial charge in [0.1, 0.15) is 24.2 Å². The molecule has 1 aromatic carbocycles. The van der Waals surface area contributed by atoms with Crippen LogP contribution in [0.15, 0.2) is 42.5 Å². The van der Waals surface area contributed by atoms with Crippen LogP contribution < -0.4 is 4.74 Å². The molecule has 0 spiro atoms. The first-order chi connectivity index (χ1) is 11.4. The van der Waals surface area contributed by atoms with E-state index in [1.165, 1.54) is 0 Å². The van der Waals surface area contributed by atoms with Gasteiger partial charge in [-0.25, -0.2) is 0 Å². The summed E-state index contributed by atoms with van der Waals surface area (Å²) in [6, 6.07) is 9.35. The van der Waals surface area contributed by atoms with Crippen LogP contribution in [0.3, 0.4) is 0 Å². The summed E-state index contributed by atoms with van der Waals surface area (Å²) < 4.78 is 5.54. The second kappa shape index (κ2) is 6.69. The van der Waals surface area contributed by atoms with Crippen LogP contribution >= 0.6 is 0 Å². The van der Waals surface area contributed by atoms with Crippen molar-refractivity contribution in [1.29, 1.82) is 0 Å². The molecule has 0 heterocycles. The van der Waals surface area contributed by atoms with E-state index in [0.29, 0.717) is 18.0 Å². The highest BCUT2D eigenvalue weighted by atomic mass is 16.5. The molecule has 2 saturated carbocycles. The fourth-order valence-corrected chi connectivity index (χ4v) is 4.49. The first-order valence-corrected chi connectivity index (χ1v) is 8.70. The Morgan fingerprint density at radius 2 is 2.08 bits per heavy atom. The van der Waals surface area contributed by atoms with Gasteiger partial charge in [-0.3, -0.25) is 4.79 Å². The zero-order chi connectivity index (χ0) is 17.3. The summed E-state index contributed by atoms with van der Waals surface area (Å²) in [7, 11) is 0. The number of ketones is 1. The third-order valence-corrected chi connectivity index (χ3v) is 5.79. The van der Waals surface area contributed by atoms with E-state index in [-0.39, 0.29) is 29.8 Å². The molecule has 4 nitrogen and oxygen atoms in total. The molecule has 6 atom stereocenters. The number of para-hydroxylation sites is 1. The van der Waals surface area contributed by atoms with E-state index in [2.05, 4.69) is 0 Å². The van der Waals surface area contributed by atoms with Gasteiger partial charge in [0.15, 0.2) is 0 Å². The molecule has 2 aliphatic rings. The van der Waals surface area contributed by atoms with Crippen molar-refractivity contribution < 1.29 is 19.7 Å². The third kappa shape index (κ3) is 3.01. The quantitative estimate of drug-likeness (QED) is 0.815. The maximum atomic E-state index is 12.2. The molecular weight excluding hydrogens is 304 g/mol. The molecule has 2 aliphatic carbocycles. The predicted molar refractivity (Wildman–Crippen MR) is 91.6 cm³/mol. The molecule has 4 heteroatoms. The molecule has 1 unspecified atom stereocenters. The minimum atomic E-state index is -0.739. The minimum Gasteiger partial charge on any atom is -0.491 e.